The van der Waals surface area contributed by atoms with Crippen LogP contribution in [0.1, 0.15) is 33.8 Å². The van der Waals surface area contributed by atoms with Crippen LogP contribution < -0.4 is 15.1 Å². The summed E-state index contributed by atoms with van der Waals surface area (Å²) in [6.45, 7) is 2.69. The minimum absolute atomic E-state index is 0.223. The number of carbonyl (C=O) groups excluding carboxylic acids is 2. The van der Waals surface area contributed by atoms with E-state index in [9.17, 15) is 9.59 Å². The molecule has 1 atom stereocenters. The summed E-state index contributed by atoms with van der Waals surface area (Å²) < 4.78 is 6.09. The fourth-order valence-corrected chi connectivity index (χ4v) is 5.37. The van der Waals surface area contributed by atoms with E-state index in [1.54, 1.807) is 23.2 Å². The van der Waals surface area contributed by atoms with Gasteiger partial charge in [-0.2, -0.15) is 0 Å². The Kier molecular flexibility index (Phi) is 6.69. The molecule has 2 aromatic heterocycles. The molecule has 4 heterocycles. The first kappa shape index (κ1) is 22.7. The highest BCUT2D eigenvalue weighted by Crippen LogP contribution is 2.32. The lowest BCUT2D eigenvalue weighted by molar-refractivity contribution is 0.0920. The Balaban J connectivity index is 1.30. The van der Waals surface area contributed by atoms with Crippen LogP contribution in [0, 0.1) is 0 Å². The molecule has 1 N–H and O–H groups in total. The predicted octanol–water partition coefficient (Wildman–Crippen LogP) is 4.74. The second kappa shape index (κ2) is 10.0. The first-order chi connectivity index (χ1) is 16.6. The summed E-state index contributed by atoms with van der Waals surface area (Å²) in [7, 11) is 0. The molecule has 1 unspecified atom stereocenters. The minimum atomic E-state index is -0.426. The Morgan fingerprint density at radius 3 is 2.76 bits per heavy atom. The summed E-state index contributed by atoms with van der Waals surface area (Å²) in [6.07, 6.45) is 4.03. The van der Waals surface area contributed by atoms with Crippen molar-refractivity contribution in [3.8, 4) is 0 Å². The molecule has 2 aliphatic rings. The number of hydrogen-bond donors (Lipinski definition) is 1. The molecule has 2 aliphatic heterocycles. The van der Waals surface area contributed by atoms with E-state index in [4.69, 9.17) is 16.3 Å². The summed E-state index contributed by atoms with van der Waals surface area (Å²) in [6, 6.07) is 15.4. The van der Waals surface area contributed by atoms with Crippen LogP contribution in [0.3, 0.4) is 0 Å². The van der Waals surface area contributed by atoms with Gasteiger partial charge >= 0.3 is 6.09 Å². The van der Waals surface area contributed by atoms with E-state index in [0.29, 0.717) is 22.2 Å². The number of thiophene rings is 1. The molecule has 2 amide bonds. The van der Waals surface area contributed by atoms with E-state index in [-0.39, 0.29) is 12.5 Å². The molecule has 5 rings (SSSR count). The number of nitrogens with one attached hydrogen (secondary N) is 1. The molecule has 3 aromatic rings. The number of carbonyl (C=O) groups is 2. The maximum atomic E-state index is 12.7. The van der Waals surface area contributed by atoms with Crippen molar-refractivity contribution in [2.24, 2.45) is 0 Å². The van der Waals surface area contributed by atoms with Gasteiger partial charge in [-0.15, -0.1) is 11.3 Å². The van der Waals surface area contributed by atoms with Crippen LogP contribution in [-0.2, 0) is 11.2 Å². The fraction of sp³-hybridized carbons (Fsp3) is 0.320. The van der Waals surface area contributed by atoms with E-state index >= 15 is 0 Å². The number of anilines is 2. The summed E-state index contributed by atoms with van der Waals surface area (Å²) in [5.74, 6) is -0.223. The lowest BCUT2D eigenvalue weighted by Gasteiger charge is -2.23. The van der Waals surface area contributed by atoms with Crippen molar-refractivity contribution in [1.29, 1.82) is 0 Å². The van der Waals surface area contributed by atoms with Gasteiger partial charge in [0.25, 0.3) is 5.91 Å². The second-order valence-electron chi connectivity index (χ2n) is 8.44. The number of aromatic nitrogens is 1. The molecule has 0 spiro atoms. The molecule has 1 aromatic carbocycles. The Bertz CT molecular complexity index is 1180. The Morgan fingerprint density at radius 2 is 2.03 bits per heavy atom. The van der Waals surface area contributed by atoms with E-state index in [0.717, 1.165) is 30.0 Å². The van der Waals surface area contributed by atoms with Crippen LogP contribution in [0.4, 0.5) is 16.2 Å². The zero-order valence-corrected chi connectivity index (χ0v) is 20.1. The highest BCUT2D eigenvalue weighted by Gasteiger charge is 2.33. The molecule has 2 saturated heterocycles. The lowest BCUT2D eigenvalue weighted by Crippen LogP contribution is -2.34. The summed E-state index contributed by atoms with van der Waals surface area (Å²) in [5, 5.41) is 2.83. The Labute approximate surface area is 207 Å². The third-order valence-electron chi connectivity index (χ3n) is 6.08. The molecule has 176 valence electrons. The molecule has 7 nitrogen and oxygen atoms in total. The van der Waals surface area contributed by atoms with Crippen molar-refractivity contribution >= 4 is 46.3 Å². The first-order valence-electron chi connectivity index (χ1n) is 11.4. The van der Waals surface area contributed by atoms with Gasteiger partial charge in [0.1, 0.15) is 6.10 Å². The van der Waals surface area contributed by atoms with Crippen LogP contribution in [0.15, 0.2) is 54.7 Å². The summed E-state index contributed by atoms with van der Waals surface area (Å²) in [5.41, 5.74) is 4.10. The van der Waals surface area contributed by atoms with Gasteiger partial charge in [-0.1, -0.05) is 17.7 Å². The summed E-state index contributed by atoms with van der Waals surface area (Å²) >= 11 is 7.13. The predicted molar refractivity (Wildman–Crippen MR) is 134 cm³/mol. The minimum Gasteiger partial charge on any atom is -0.442 e. The third-order valence-corrected chi connectivity index (χ3v) is 7.31. The second-order valence-corrected chi connectivity index (χ2v) is 10.2. The largest absolute Gasteiger partial charge is 0.442 e. The number of hydrogen-bond acceptors (Lipinski definition) is 6. The lowest BCUT2D eigenvalue weighted by atomic mass is 10.0. The smallest absolute Gasteiger partial charge is 0.414 e. The number of nitrogens with zero attached hydrogens (tertiary/aromatic N) is 3. The first-order valence-corrected chi connectivity index (χ1v) is 12.6. The molecular weight excluding hydrogens is 472 g/mol. The average Bonchev–Trinajstić information content (AvgIpc) is 3.60. The summed E-state index contributed by atoms with van der Waals surface area (Å²) in [4.78, 5) is 34.0. The van der Waals surface area contributed by atoms with Crippen LogP contribution in [0.2, 0.25) is 4.34 Å². The van der Waals surface area contributed by atoms with Crippen LogP contribution in [0.25, 0.3) is 0 Å². The van der Waals surface area contributed by atoms with Gasteiger partial charge in [-0.25, -0.2) is 4.79 Å². The van der Waals surface area contributed by atoms with Gasteiger partial charge in [0, 0.05) is 42.8 Å². The van der Waals surface area contributed by atoms with Crippen LogP contribution >= 0.6 is 22.9 Å². The number of rotatable bonds is 7. The molecule has 0 bridgehead atoms. The van der Waals surface area contributed by atoms with Crippen molar-refractivity contribution in [1.82, 2.24) is 10.3 Å². The normalized spacial score (nSPS) is 17.8. The number of halogens is 1. The monoisotopic (exact) mass is 496 g/mol. The zero-order chi connectivity index (χ0) is 23.5. The van der Waals surface area contributed by atoms with Crippen molar-refractivity contribution in [3.05, 3.63) is 75.2 Å². The standard InChI is InChI=1S/C25H25ClN4O3S/c26-23-9-8-22(34-23)24(31)28-15-20-16-30(25(32)33-20)19-6-7-21(29-11-3-4-12-29)17(14-19)13-18-5-1-2-10-27-18/h1-2,5-10,14,20H,3-4,11-13,15-16H2,(H,28,31). The highest BCUT2D eigenvalue weighted by molar-refractivity contribution is 7.18. The number of ether oxygens (including phenoxy) is 1. The molecule has 0 aliphatic carbocycles. The van der Waals surface area contributed by atoms with Crippen molar-refractivity contribution in [2.75, 3.05) is 36.0 Å². The van der Waals surface area contributed by atoms with Gasteiger partial charge in [0.15, 0.2) is 0 Å². The van der Waals surface area contributed by atoms with E-state index in [1.165, 1.54) is 29.9 Å². The maximum absolute atomic E-state index is 12.7. The topological polar surface area (TPSA) is 74.8 Å². The molecule has 0 radical (unpaired) electrons. The van der Waals surface area contributed by atoms with Gasteiger partial charge in [-0.3, -0.25) is 14.7 Å². The van der Waals surface area contributed by atoms with Crippen LogP contribution in [0.5, 0.6) is 0 Å². The van der Waals surface area contributed by atoms with E-state index < -0.39 is 12.2 Å². The van der Waals surface area contributed by atoms with Gasteiger partial charge in [0.2, 0.25) is 0 Å². The molecule has 0 saturated carbocycles. The maximum Gasteiger partial charge on any atom is 0.414 e. The SMILES string of the molecule is O=C(NCC1CN(c2ccc(N3CCCC3)c(Cc3ccccn3)c2)C(=O)O1)c1ccc(Cl)s1. The molecule has 34 heavy (non-hydrogen) atoms. The average molecular weight is 497 g/mol. The van der Waals surface area contributed by atoms with Crippen LogP contribution in [-0.4, -0.2) is 49.3 Å². The van der Waals surface area contributed by atoms with Gasteiger partial charge in [-0.05, 0) is 60.9 Å². The molecule has 2 fully saturated rings. The Hall–Kier alpha value is -3.10. The van der Waals surface area contributed by atoms with Crippen molar-refractivity contribution in [2.45, 2.75) is 25.4 Å². The number of pyridine rings is 1. The van der Waals surface area contributed by atoms with Crippen molar-refractivity contribution in [3.63, 3.8) is 0 Å². The van der Waals surface area contributed by atoms with E-state index in [1.807, 2.05) is 24.3 Å². The number of benzene rings is 1. The zero-order valence-electron chi connectivity index (χ0n) is 18.6. The number of amides is 2. The van der Waals surface area contributed by atoms with Gasteiger partial charge in [0.05, 0.1) is 22.3 Å². The quantitative estimate of drug-likeness (QED) is 0.511. The third kappa shape index (κ3) is 5.03. The van der Waals surface area contributed by atoms with E-state index in [2.05, 4.69) is 27.3 Å². The molecule has 9 heteroatoms. The number of cyclic esters (lactones) is 1. The highest BCUT2D eigenvalue weighted by atomic mass is 35.5. The fourth-order valence-electron chi connectivity index (χ4n) is 4.41. The van der Waals surface area contributed by atoms with Crippen molar-refractivity contribution < 1.29 is 14.3 Å². The van der Waals surface area contributed by atoms with Gasteiger partial charge < -0.3 is 15.0 Å². The molecular formula is C25H25ClN4O3S. The Morgan fingerprint density at radius 1 is 1.18 bits per heavy atom.